The summed E-state index contributed by atoms with van der Waals surface area (Å²) in [4.78, 5) is 21.6. The van der Waals surface area contributed by atoms with Crippen LogP contribution in [0.5, 0.6) is 0 Å². The number of carbonyl (C=O) groups excluding carboxylic acids is 1. The molecule has 2 aromatic heterocycles. The SMILES string of the molecule is CNS(=O)(=O)O[C@@H]1C[C@H](Nc2ncncc2C(=O)c2cc(C)n([C@H](C)c3cccc(Cl)c3)n2)C[C@@H]1O. The van der Waals surface area contributed by atoms with Crippen molar-refractivity contribution in [2.75, 3.05) is 12.4 Å². The van der Waals surface area contributed by atoms with E-state index < -0.39 is 22.5 Å². The Bertz CT molecular complexity index is 1360. The van der Waals surface area contributed by atoms with Crippen LogP contribution in [0, 0.1) is 6.92 Å². The summed E-state index contributed by atoms with van der Waals surface area (Å²) in [6.45, 7) is 3.83. The average molecular weight is 535 g/mol. The van der Waals surface area contributed by atoms with Crippen molar-refractivity contribution in [1.29, 1.82) is 0 Å². The molecule has 192 valence electrons. The molecular weight excluding hydrogens is 508 g/mol. The molecule has 0 amide bonds. The zero-order chi connectivity index (χ0) is 26.0. The number of nitrogens with one attached hydrogen (secondary N) is 2. The number of halogens is 1. The lowest BCUT2D eigenvalue weighted by Gasteiger charge is -2.16. The van der Waals surface area contributed by atoms with Crippen LogP contribution in [0.3, 0.4) is 0 Å². The Hall–Kier alpha value is -2.90. The minimum absolute atomic E-state index is 0.152. The van der Waals surface area contributed by atoms with Crippen LogP contribution < -0.4 is 10.0 Å². The molecule has 0 unspecified atom stereocenters. The minimum atomic E-state index is -3.96. The van der Waals surface area contributed by atoms with Gasteiger partial charge in [0.15, 0.2) is 0 Å². The summed E-state index contributed by atoms with van der Waals surface area (Å²) >= 11 is 6.13. The quantitative estimate of drug-likeness (QED) is 0.351. The average Bonchev–Trinajstić information content (AvgIpc) is 3.40. The number of carbonyl (C=O) groups is 1. The van der Waals surface area contributed by atoms with Gasteiger partial charge in [-0.05, 0) is 50.5 Å². The molecule has 1 aliphatic rings. The summed E-state index contributed by atoms with van der Waals surface area (Å²) in [6, 6.07) is 8.64. The van der Waals surface area contributed by atoms with Gasteiger partial charge in [-0.2, -0.15) is 18.2 Å². The first kappa shape index (κ1) is 26.2. The second-order valence-electron chi connectivity index (χ2n) is 8.63. The number of aliphatic hydroxyl groups is 1. The highest BCUT2D eigenvalue weighted by Crippen LogP contribution is 2.28. The largest absolute Gasteiger partial charge is 0.390 e. The van der Waals surface area contributed by atoms with Crippen molar-refractivity contribution in [3.63, 3.8) is 0 Å². The van der Waals surface area contributed by atoms with E-state index in [1.165, 1.54) is 19.6 Å². The van der Waals surface area contributed by atoms with Crippen molar-refractivity contribution in [1.82, 2.24) is 24.5 Å². The van der Waals surface area contributed by atoms with Gasteiger partial charge in [-0.3, -0.25) is 13.7 Å². The van der Waals surface area contributed by atoms with Crippen molar-refractivity contribution in [2.45, 2.75) is 51.0 Å². The van der Waals surface area contributed by atoms with Crippen LogP contribution >= 0.6 is 11.6 Å². The van der Waals surface area contributed by atoms with E-state index >= 15 is 0 Å². The molecule has 4 rings (SSSR count). The molecule has 1 aliphatic carbocycles. The van der Waals surface area contributed by atoms with Gasteiger partial charge in [-0.25, -0.2) is 9.97 Å². The molecule has 0 spiro atoms. The summed E-state index contributed by atoms with van der Waals surface area (Å²) in [5, 5.41) is 18.6. The Morgan fingerprint density at radius 1 is 1.31 bits per heavy atom. The Morgan fingerprint density at radius 2 is 2.08 bits per heavy atom. The normalized spacial score (nSPS) is 20.9. The fraction of sp³-hybridized carbons (Fsp3) is 0.391. The number of rotatable bonds is 9. The molecule has 0 radical (unpaired) electrons. The second kappa shape index (κ2) is 10.6. The summed E-state index contributed by atoms with van der Waals surface area (Å²) in [5.74, 6) is -0.109. The molecule has 0 aliphatic heterocycles. The predicted molar refractivity (Wildman–Crippen MR) is 133 cm³/mol. The maximum atomic E-state index is 13.4. The van der Waals surface area contributed by atoms with E-state index in [2.05, 4.69) is 25.1 Å². The molecular formula is C23H27ClN6O5S. The Labute approximate surface area is 214 Å². The van der Waals surface area contributed by atoms with Gasteiger partial charge in [0.05, 0.1) is 17.7 Å². The fourth-order valence-corrected chi connectivity index (χ4v) is 5.08. The van der Waals surface area contributed by atoms with Gasteiger partial charge in [0.25, 0.3) is 0 Å². The molecule has 3 N–H and O–H groups in total. The highest BCUT2D eigenvalue weighted by molar-refractivity contribution is 7.84. The lowest BCUT2D eigenvalue weighted by atomic mass is 10.1. The van der Waals surface area contributed by atoms with Crippen molar-refractivity contribution in [3.8, 4) is 0 Å². The van der Waals surface area contributed by atoms with Crippen LogP contribution in [-0.4, -0.2) is 64.4 Å². The number of aryl methyl sites for hydroxylation is 1. The molecule has 0 bridgehead atoms. The molecule has 0 saturated heterocycles. The minimum Gasteiger partial charge on any atom is -0.390 e. The molecule has 1 aromatic carbocycles. The molecule has 1 saturated carbocycles. The summed E-state index contributed by atoms with van der Waals surface area (Å²) < 4.78 is 32.2. The van der Waals surface area contributed by atoms with E-state index in [9.17, 15) is 18.3 Å². The molecule has 3 aromatic rings. The van der Waals surface area contributed by atoms with Crippen molar-refractivity contribution in [2.24, 2.45) is 0 Å². The summed E-state index contributed by atoms with van der Waals surface area (Å²) in [5.41, 5.74) is 2.18. The Kier molecular flexibility index (Phi) is 7.71. The van der Waals surface area contributed by atoms with E-state index in [0.29, 0.717) is 5.02 Å². The van der Waals surface area contributed by atoms with Crippen LogP contribution in [0.15, 0.2) is 42.9 Å². The van der Waals surface area contributed by atoms with Crippen molar-refractivity contribution >= 4 is 33.5 Å². The predicted octanol–water partition coefficient (Wildman–Crippen LogP) is 2.26. The lowest BCUT2D eigenvalue weighted by Crippen LogP contribution is -2.31. The van der Waals surface area contributed by atoms with Crippen LogP contribution in [0.1, 0.15) is 53.1 Å². The number of anilines is 1. The number of benzene rings is 1. The standard InChI is InChI=1S/C23H27ClN6O5S/c1-13-7-19(29-30(13)14(2)15-5-4-6-16(24)8-15)22(32)18-11-26-12-27-23(18)28-17-9-20(31)21(10-17)35-36(33,34)25-3/h4-8,11-12,14,17,20-21,25,31H,9-10H2,1-3H3,(H,26,27,28)/t14-,17-,20+,21-/m1/s1. The summed E-state index contributed by atoms with van der Waals surface area (Å²) in [6.07, 6.45) is 1.19. The molecule has 2 heterocycles. The highest BCUT2D eigenvalue weighted by Gasteiger charge is 2.37. The van der Waals surface area contributed by atoms with Crippen molar-refractivity contribution < 1.29 is 22.5 Å². The van der Waals surface area contributed by atoms with Gasteiger partial charge in [-0.1, -0.05) is 23.7 Å². The maximum Gasteiger partial charge on any atom is 0.335 e. The third kappa shape index (κ3) is 5.73. The zero-order valence-corrected chi connectivity index (χ0v) is 21.5. The Balaban J connectivity index is 1.53. The topological polar surface area (TPSA) is 148 Å². The first-order valence-corrected chi connectivity index (χ1v) is 13.1. The monoisotopic (exact) mass is 534 g/mol. The van der Waals surface area contributed by atoms with E-state index in [0.717, 1.165) is 11.3 Å². The first-order chi connectivity index (χ1) is 17.1. The molecule has 13 heteroatoms. The van der Waals surface area contributed by atoms with Gasteiger partial charge in [0.2, 0.25) is 5.78 Å². The van der Waals surface area contributed by atoms with Gasteiger partial charge in [0, 0.05) is 30.0 Å². The Morgan fingerprint density at radius 3 is 2.81 bits per heavy atom. The van der Waals surface area contributed by atoms with E-state index in [1.54, 1.807) is 16.8 Å². The van der Waals surface area contributed by atoms with E-state index in [-0.39, 0.29) is 47.8 Å². The molecule has 1 fully saturated rings. The molecule has 36 heavy (non-hydrogen) atoms. The lowest BCUT2D eigenvalue weighted by molar-refractivity contribution is 0.0636. The first-order valence-electron chi connectivity index (χ1n) is 11.3. The van der Waals surface area contributed by atoms with E-state index in [4.69, 9.17) is 15.8 Å². The number of nitrogens with zero attached hydrogens (tertiary/aromatic N) is 4. The van der Waals surface area contributed by atoms with Gasteiger partial charge in [0.1, 0.15) is 23.9 Å². The van der Waals surface area contributed by atoms with Crippen LogP contribution in [-0.2, 0) is 14.5 Å². The number of hydrogen-bond acceptors (Lipinski definition) is 9. The number of hydrogen-bond donors (Lipinski definition) is 3. The van der Waals surface area contributed by atoms with Crippen LogP contribution in [0.25, 0.3) is 0 Å². The maximum absolute atomic E-state index is 13.4. The molecule has 4 atom stereocenters. The number of aromatic nitrogens is 4. The molecule has 11 nitrogen and oxygen atoms in total. The van der Waals surface area contributed by atoms with Crippen LogP contribution in [0.2, 0.25) is 5.02 Å². The van der Waals surface area contributed by atoms with Gasteiger partial charge < -0.3 is 10.4 Å². The van der Waals surface area contributed by atoms with Gasteiger partial charge >= 0.3 is 10.3 Å². The third-order valence-electron chi connectivity index (χ3n) is 6.12. The smallest absolute Gasteiger partial charge is 0.335 e. The number of ketones is 1. The van der Waals surface area contributed by atoms with Crippen LogP contribution in [0.4, 0.5) is 5.82 Å². The van der Waals surface area contributed by atoms with Gasteiger partial charge in [-0.15, -0.1) is 0 Å². The second-order valence-corrected chi connectivity index (χ2v) is 10.6. The summed E-state index contributed by atoms with van der Waals surface area (Å²) in [7, 11) is -2.73. The fourth-order valence-electron chi connectivity index (χ4n) is 4.25. The highest BCUT2D eigenvalue weighted by atomic mass is 35.5. The van der Waals surface area contributed by atoms with E-state index in [1.807, 2.05) is 32.0 Å². The third-order valence-corrected chi connectivity index (χ3v) is 7.36. The van der Waals surface area contributed by atoms with Crippen molar-refractivity contribution in [3.05, 3.63) is 70.4 Å². The zero-order valence-electron chi connectivity index (χ0n) is 19.9. The number of aliphatic hydroxyl groups excluding tert-OH is 1.